The van der Waals surface area contributed by atoms with Gasteiger partial charge in [0, 0.05) is 19.3 Å². The molecule has 0 saturated carbocycles. The molecule has 0 saturated heterocycles. The Morgan fingerprint density at radius 1 is 0.962 bits per heavy atom. The number of aliphatic carboxylic acids is 4. The van der Waals surface area contributed by atoms with Gasteiger partial charge < -0.3 is 29.9 Å². The average molecular weight is 432 g/mol. The van der Waals surface area contributed by atoms with Gasteiger partial charge in [-0.15, -0.1) is 0 Å². The monoisotopic (exact) mass is 432 g/mol. The first-order chi connectivity index (χ1) is 12.0. The number of ether oxygens (including phenoxy) is 2. The van der Waals surface area contributed by atoms with Gasteiger partial charge in [0.2, 0.25) is 4.38 Å². The molecule has 0 aromatic heterocycles. The number of hydrogen-bond donors (Lipinski definition) is 5. The number of carbonyl (C=O) groups is 4. The van der Waals surface area contributed by atoms with E-state index in [1.54, 1.807) is 6.26 Å². The van der Waals surface area contributed by atoms with Crippen LogP contribution in [0.15, 0.2) is 0 Å². The van der Waals surface area contributed by atoms with E-state index in [-0.39, 0.29) is 36.0 Å². The first kappa shape index (κ1) is 26.7. The van der Waals surface area contributed by atoms with Gasteiger partial charge in [0.25, 0.3) is 0 Å². The fourth-order valence-corrected chi connectivity index (χ4v) is 1.78. The first-order valence-electron chi connectivity index (χ1n) is 6.91. The van der Waals surface area contributed by atoms with E-state index < -0.39 is 36.1 Å². The second-order valence-electron chi connectivity index (χ2n) is 4.39. The van der Waals surface area contributed by atoms with Gasteiger partial charge in [0.1, 0.15) is 0 Å². The Morgan fingerprint density at radius 3 is 1.69 bits per heavy atom. The maximum Gasteiger partial charge on any atom is 0.344 e. The molecule has 0 amide bonds. The molecule has 13 heteroatoms. The van der Waals surface area contributed by atoms with Crippen molar-refractivity contribution in [2.45, 2.75) is 37.9 Å². The van der Waals surface area contributed by atoms with E-state index in [9.17, 15) is 19.2 Å². The molecule has 2 atom stereocenters. The predicted molar refractivity (Wildman–Crippen MR) is 98.7 cm³/mol. The highest BCUT2D eigenvalue weighted by molar-refractivity contribution is 8.22. The molecular weight excluding hydrogens is 412 g/mol. The van der Waals surface area contributed by atoms with Crippen LogP contribution >= 0.6 is 36.6 Å². The van der Waals surface area contributed by atoms with E-state index >= 15 is 0 Å². The summed E-state index contributed by atoms with van der Waals surface area (Å²) in [5.41, 5.74) is 0. The smallest absolute Gasteiger partial charge is 0.344 e. The lowest BCUT2D eigenvalue weighted by molar-refractivity contribution is -0.150. The second-order valence-corrected chi connectivity index (χ2v) is 6.05. The minimum absolute atomic E-state index is 0.0312. The average Bonchev–Trinajstić information content (AvgIpc) is 2.54. The van der Waals surface area contributed by atoms with Crippen LogP contribution in [0.5, 0.6) is 0 Å². The number of thiol groups is 1. The number of thiocarbonyl (C=S) groups is 1. The molecule has 0 fully saturated rings. The number of rotatable bonds is 11. The molecule has 150 valence electrons. The molecule has 0 aliphatic rings. The Hall–Kier alpha value is -1.57. The summed E-state index contributed by atoms with van der Waals surface area (Å²) in [6, 6.07) is 0. The number of carboxylic acids is 4. The number of thioether (sulfide) groups is 1. The van der Waals surface area contributed by atoms with Gasteiger partial charge in [-0.3, -0.25) is 9.59 Å². The Bertz CT molecular complexity index is 497. The minimum Gasteiger partial charge on any atom is -0.481 e. The minimum atomic E-state index is -1.21. The van der Waals surface area contributed by atoms with Gasteiger partial charge in [0.05, 0.1) is 5.94 Å². The highest BCUT2D eigenvalue weighted by Gasteiger charge is 2.21. The van der Waals surface area contributed by atoms with Crippen LogP contribution < -0.4 is 0 Å². The highest BCUT2D eigenvalue weighted by atomic mass is 32.2. The molecule has 0 aromatic carbocycles. The van der Waals surface area contributed by atoms with E-state index in [0.29, 0.717) is 0 Å². The molecule has 0 radical (unpaired) electrons. The van der Waals surface area contributed by atoms with Gasteiger partial charge in [-0.2, -0.15) is 12.6 Å². The van der Waals surface area contributed by atoms with E-state index in [1.807, 2.05) is 0 Å². The van der Waals surface area contributed by atoms with E-state index in [1.165, 1.54) is 0 Å². The van der Waals surface area contributed by atoms with Gasteiger partial charge in [-0.1, -0.05) is 11.8 Å². The van der Waals surface area contributed by atoms with Crippen LogP contribution in [0, 0.1) is 0 Å². The van der Waals surface area contributed by atoms with Crippen LogP contribution in [0.4, 0.5) is 0 Å². The summed E-state index contributed by atoms with van der Waals surface area (Å²) in [6.07, 6.45) is -1.20. The van der Waals surface area contributed by atoms with Gasteiger partial charge in [0.15, 0.2) is 12.2 Å². The highest BCUT2D eigenvalue weighted by Crippen LogP contribution is 2.09. The molecule has 2 unspecified atom stereocenters. The maximum absolute atomic E-state index is 10.6. The van der Waals surface area contributed by atoms with Crippen LogP contribution in [0.25, 0.3) is 0 Å². The van der Waals surface area contributed by atoms with Crippen molar-refractivity contribution in [3.63, 3.8) is 0 Å². The van der Waals surface area contributed by atoms with Crippen LogP contribution in [0.3, 0.4) is 0 Å². The normalized spacial score (nSPS) is 12.1. The molecule has 0 bridgehead atoms. The molecule has 0 spiro atoms. The van der Waals surface area contributed by atoms with Crippen LogP contribution in [0.1, 0.15) is 25.7 Å². The fourth-order valence-electron chi connectivity index (χ4n) is 1.27. The largest absolute Gasteiger partial charge is 0.481 e. The lowest BCUT2D eigenvalue weighted by Gasteiger charge is -2.12. The summed E-state index contributed by atoms with van der Waals surface area (Å²) >= 11 is 9.43. The van der Waals surface area contributed by atoms with Gasteiger partial charge in [-0.05, 0) is 24.9 Å². The number of carboxylic acid groups (broad SMARTS) is 4. The Kier molecular flexibility index (Phi) is 16.1. The predicted octanol–water partition coefficient (Wildman–Crippen LogP) is 1.18. The van der Waals surface area contributed by atoms with E-state index in [4.69, 9.17) is 25.2 Å². The SMILES string of the molecule is CSC(=S)OC(CCC(=O)O)C(=O)O.O=C(O)CCC(OCS)C(=O)O. The van der Waals surface area contributed by atoms with Crippen molar-refractivity contribution in [2.24, 2.45) is 0 Å². The standard InChI is InChI=1S/C7H10O5S2.C6H10O5S/c1-14-7(13)12-4(6(10)11)2-3-5(8)9;7-5(8)2-1-4(6(9)10)11-3-12/h4H,2-3H2,1H3,(H,8,9)(H,10,11);4,12H,1-3H2,(H,7,8)(H,9,10). The van der Waals surface area contributed by atoms with Crippen molar-refractivity contribution in [2.75, 3.05) is 12.2 Å². The number of hydrogen-bond acceptors (Lipinski definition) is 9. The summed E-state index contributed by atoms with van der Waals surface area (Å²) in [5, 5.41) is 33.7. The summed E-state index contributed by atoms with van der Waals surface area (Å²) < 4.78 is 9.60. The van der Waals surface area contributed by atoms with Crippen LogP contribution in [-0.2, 0) is 28.7 Å². The molecule has 0 aromatic rings. The van der Waals surface area contributed by atoms with Crippen LogP contribution in [-0.4, -0.2) is 73.1 Å². The summed E-state index contributed by atoms with van der Waals surface area (Å²) in [6.45, 7) is 0. The Balaban J connectivity index is 0. The Labute approximate surface area is 164 Å². The zero-order valence-corrected chi connectivity index (χ0v) is 16.2. The molecule has 0 heterocycles. The summed E-state index contributed by atoms with van der Waals surface area (Å²) in [7, 11) is 0. The second kappa shape index (κ2) is 15.7. The molecule has 26 heavy (non-hydrogen) atoms. The van der Waals surface area contributed by atoms with Gasteiger partial charge >= 0.3 is 23.9 Å². The lowest BCUT2D eigenvalue weighted by Crippen LogP contribution is -2.26. The molecular formula is C13H20O10S3. The Morgan fingerprint density at radius 2 is 1.38 bits per heavy atom. The molecule has 0 aliphatic carbocycles. The quantitative estimate of drug-likeness (QED) is 0.180. The zero-order valence-electron chi connectivity index (χ0n) is 13.7. The topological polar surface area (TPSA) is 168 Å². The van der Waals surface area contributed by atoms with E-state index in [2.05, 4.69) is 29.6 Å². The molecule has 0 aliphatic heterocycles. The third-order valence-electron chi connectivity index (χ3n) is 2.47. The van der Waals surface area contributed by atoms with Gasteiger partial charge in [-0.25, -0.2) is 9.59 Å². The summed E-state index contributed by atoms with van der Waals surface area (Å²) in [4.78, 5) is 41.2. The third kappa shape index (κ3) is 15.9. The lowest BCUT2D eigenvalue weighted by atomic mass is 10.2. The van der Waals surface area contributed by atoms with Crippen molar-refractivity contribution >= 4 is 64.9 Å². The zero-order chi connectivity index (χ0) is 20.7. The van der Waals surface area contributed by atoms with Crippen molar-refractivity contribution in [3.05, 3.63) is 0 Å². The molecule has 0 rings (SSSR count). The maximum atomic E-state index is 10.6. The molecule has 4 N–H and O–H groups in total. The van der Waals surface area contributed by atoms with Crippen LogP contribution in [0.2, 0.25) is 0 Å². The van der Waals surface area contributed by atoms with E-state index in [0.717, 1.165) is 11.8 Å². The molecule has 10 nitrogen and oxygen atoms in total. The van der Waals surface area contributed by atoms with Crippen molar-refractivity contribution in [1.29, 1.82) is 0 Å². The van der Waals surface area contributed by atoms with Crippen molar-refractivity contribution < 1.29 is 49.1 Å². The summed E-state index contributed by atoms with van der Waals surface area (Å²) in [5.74, 6) is -4.50. The van der Waals surface area contributed by atoms with Crippen molar-refractivity contribution in [3.8, 4) is 0 Å². The van der Waals surface area contributed by atoms with Crippen molar-refractivity contribution in [1.82, 2.24) is 0 Å². The first-order valence-corrected chi connectivity index (χ1v) is 9.17. The fraction of sp³-hybridized carbons (Fsp3) is 0.615. The third-order valence-corrected chi connectivity index (χ3v) is 3.65.